The highest BCUT2D eigenvalue weighted by molar-refractivity contribution is 5.45. The molecule has 0 spiro atoms. The molecule has 4 atom stereocenters. The third kappa shape index (κ3) is 2.51. The van der Waals surface area contributed by atoms with Gasteiger partial charge in [0.15, 0.2) is 0 Å². The second-order valence-corrected chi connectivity index (χ2v) is 9.17. The van der Waals surface area contributed by atoms with Gasteiger partial charge in [-0.2, -0.15) is 0 Å². The van der Waals surface area contributed by atoms with E-state index in [0.717, 1.165) is 17.8 Å². The van der Waals surface area contributed by atoms with Gasteiger partial charge in [0.05, 0.1) is 0 Å². The van der Waals surface area contributed by atoms with E-state index in [9.17, 15) is 0 Å². The molecule has 0 fully saturated rings. The van der Waals surface area contributed by atoms with Crippen molar-refractivity contribution in [1.82, 2.24) is 0 Å². The van der Waals surface area contributed by atoms with Crippen LogP contribution in [0.2, 0.25) is 0 Å². The molecule has 0 saturated heterocycles. The molecule has 22 heavy (non-hydrogen) atoms. The zero-order chi connectivity index (χ0) is 15.3. The predicted molar refractivity (Wildman–Crippen MR) is 94.8 cm³/mol. The third-order valence-electron chi connectivity index (χ3n) is 7.54. The molecule has 0 aliphatic heterocycles. The minimum Gasteiger partial charge on any atom is -0.0704 e. The average molecular weight is 299 g/mol. The van der Waals surface area contributed by atoms with Gasteiger partial charge in [-0.1, -0.05) is 49.5 Å². The Morgan fingerprint density at radius 3 is 2.36 bits per heavy atom. The molecule has 0 aromatic heterocycles. The number of rotatable bonds is 7. The Morgan fingerprint density at radius 2 is 1.82 bits per heavy atom. The van der Waals surface area contributed by atoms with Crippen molar-refractivity contribution in [2.24, 2.45) is 23.2 Å². The first-order valence-corrected chi connectivity index (χ1v) is 10.0. The molecular weight excluding hydrogens is 264 g/mol. The molecule has 0 aromatic rings. The van der Waals surface area contributed by atoms with Crippen molar-refractivity contribution in [3.8, 4) is 0 Å². The number of hydrogen-bond acceptors (Lipinski definition) is 0. The number of hydrogen-bond donors (Lipinski definition) is 0. The number of allylic oxidation sites excluding steroid dienone is 4. The van der Waals surface area contributed by atoms with Gasteiger partial charge in [0.1, 0.15) is 0 Å². The van der Waals surface area contributed by atoms with Crippen molar-refractivity contribution in [2.45, 2.75) is 91.4 Å². The Kier molecular flexibility index (Phi) is 3.78. The van der Waals surface area contributed by atoms with Crippen LogP contribution in [0, 0.1) is 23.2 Å². The smallest absolute Gasteiger partial charge is 0.00740 e. The fourth-order valence-electron chi connectivity index (χ4n) is 6.10. The molecule has 0 N–H and O–H groups in total. The second kappa shape index (κ2) is 5.53. The van der Waals surface area contributed by atoms with Crippen LogP contribution in [-0.4, -0.2) is 0 Å². The van der Waals surface area contributed by atoms with Gasteiger partial charge in [0.2, 0.25) is 0 Å². The molecule has 4 rings (SSSR count). The summed E-state index contributed by atoms with van der Waals surface area (Å²) in [6.45, 7) is 7.42. The zero-order valence-corrected chi connectivity index (χ0v) is 15.0. The molecule has 4 aliphatic carbocycles. The van der Waals surface area contributed by atoms with Crippen LogP contribution in [0.15, 0.2) is 22.3 Å². The maximum atomic E-state index is 2.57. The molecule has 0 amide bonds. The molecule has 0 saturated carbocycles. The van der Waals surface area contributed by atoms with Crippen LogP contribution >= 0.6 is 0 Å². The third-order valence-corrected chi connectivity index (χ3v) is 7.54. The van der Waals surface area contributed by atoms with E-state index in [4.69, 9.17) is 0 Å². The normalized spacial score (nSPS) is 35.3. The van der Waals surface area contributed by atoms with Crippen LogP contribution in [0.5, 0.6) is 0 Å². The summed E-state index contributed by atoms with van der Waals surface area (Å²) >= 11 is 0. The van der Waals surface area contributed by atoms with Crippen LogP contribution in [-0.2, 0) is 0 Å². The quantitative estimate of drug-likeness (QED) is 0.452. The Balaban J connectivity index is 1.40. The van der Waals surface area contributed by atoms with E-state index >= 15 is 0 Å². The van der Waals surface area contributed by atoms with Gasteiger partial charge in [0.25, 0.3) is 0 Å². The summed E-state index contributed by atoms with van der Waals surface area (Å²) in [5.41, 5.74) is 8.19. The largest absolute Gasteiger partial charge is 0.0704 e. The highest BCUT2D eigenvalue weighted by Crippen LogP contribution is 2.62. The summed E-state index contributed by atoms with van der Waals surface area (Å²) in [6, 6.07) is 0. The van der Waals surface area contributed by atoms with Crippen LogP contribution < -0.4 is 0 Å². The minimum atomic E-state index is 0.638. The van der Waals surface area contributed by atoms with Crippen molar-refractivity contribution in [2.75, 3.05) is 0 Å². The summed E-state index contributed by atoms with van der Waals surface area (Å²) < 4.78 is 0. The van der Waals surface area contributed by atoms with Crippen molar-refractivity contribution < 1.29 is 0 Å². The lowest BCUT2D eigenvalue weighted by atomic mass is 9.68. The van der Waals surface area contributed by atoms with E-state index in [-0.39, 0.29) is 0 Å². The van der Waals surface area contributed by atoms with Crippen molar-refractivity contribution in [1.29, 1.82) is 0 Å². The molecular formula is C22H34. The summed E-state index contributed by atoms with van der Waals surface area (Å²) in [5.74, 6) is 2.81. The molecule has 122 valence electrons. The van der Waals surface area contributed by atoms with Gasteiger partial charge in [-0.25, -0.2) is 0 Å². The van der Waals surface area contributed by atoms with Gasteiger partial charge < -0.3 is 0 Å². The molecule has 0 radical (unpaired) electrons. The topological polar surface area (TPSA) is 0 Å². The molecule has 0 bridgehead atoms. The molecule has 0 heterocycles. The summed E-state index contributed by atoms with van der Waals surface area (Å²) in [5, 5.41) is 0. The van der Waals surface area contributed by atoms with Gasteiger partial charge in [-0.15, -0.1) is 0 Å². The summed E-state index contributed by atoms with van der Waals surface area (Å²) in [6.07, 6.45) is 16.0. The maximum absolute atomic E-state index is 2.57. The first-order chi connectivity index (χ1) is 10.6. The van der Waals surface area contributed by atoms with Crippen molar-refractivity contribution >= 4 is 0 Å². The van der Waals surface area contributed by atoms with E-state index in [1.807, 2.05) is 22.3 Å². The minimum absolute atomic E-state index is 0.638. The van der Waals surface area contributed by atoms with Gasteiger partial charge in [0, 0.05) is 0 Å². The first kappa shape index (κ1) is 15.0. The highest BCUT2D eigenvalue weighted by atomic mass is 14.5. The molecule has 0 aromatic carbocycles. The zero-order valence-electron chi connectivity index (χ0n) is 15.0. The van der Waals surface area contributed by atoms with E-state index in [1.54, 1.807) is 0 Å². The Morgan fingerprint density at radius 1 is 1.00 bits per heavy atom. The van der Waals surface area contributed by atoms with Gasteiger partial charge >= 0.3 is 0 Å². The van der Waals surface area contributed by atoms with Crippen LogP contribution in [0.1, 0.15) is 91.4 Å². The van der Waals surface area contributed by atoms with Crippen LogP contribution in [0.4, 0.5) is 0 Å². The molecule has 4 aliphatic rings. The van der Waals surface area contributed by atoms with Crippen molar-refractivity contribution in [3.63, 3.8) is 0 Å². The van der Waals surface area contributed by atoms with Crippen LogP contribution in [0.3, 0.4) is 0 Å². The maximum Gasteiger partial charge on any atom is -0.00740 e. The Bertz CT molecular complexity index is 520. The highest BCUT2D eigenvalue weighted by Gasteiger charge is 2.48. The van der Waals surface area contributed by atoms with E-state index in [1.165, 1.54) is 70.6 Å². The summed E-state index contributed by atoms with van der Waals surface area (Å²) in [4.78, 5) is 0. The molecule has 0 heteroatoms. The SMILES string of the molecule is CCC(C)CC1(CC(C)CC2CCC3=C2CC3)CCC2=C1C2. The van der Waals surface area contributed by atoms with Gasteiger partial charge in [-0.3, -0.25) is 0 Å². The van der Waals surface area contributed by atoms with Crippen molar-refractivity contribution in [3.05, 3.63) is 22.3 Å². The lowest BCUT2D eigenvalue weighted by Gasteiger charge is -2.37. The monoisotopic (exact) mass is 298 g/mol. The average Bonchev–Trinajstić information content (AvgIpc) is 3.10. The van der Waals surface area contributed by atoms with Gasteiger partial charge in [-0.05, 0) is 87.4 Å². The first-order valence-electron chi connectivity index (χ1n) is 10.0. The van der Waals surface area contributed by atoms with E-state index < -0.39 is 0 Å². The second-order valence-electron chi connectivity index (χ2n) is 9.17. The fraction of sp³-hybridized carbons (Fsp3) is 0.818. The standard InChI is InChI=1S/C22H34/c1-4-15(2)13-22(10-9-19-12-21(19)22)14-16(3)11-18-6-5-17-7-8-20(17)18/h15-16,18H,4-14H2,1-3H3. The van der Waals surface area contributed by atoms with E-state index in [2.05, 4.69) is 20.8 Å². The molecule has 0 nitrogen and oxygen atoms in total. The van der Waals surface area contributed by atoms with Crippen LogP contribution in [0.25, 0.3) is 0 Å². The lowest BCUT2D eigenvalue weighted by molar-refractivity contribution is 0.197. The Hall–Kier alpha value is -0.520. The Labute approximate surface area is 137 Å². The fourth-order valence-corrected chi connectivity index (χ4v) is 6.10. The predicted octanol–water partition coefficient (Wildman–Crippen LogP) is 6.82. The lowest BCUT2D eigenvalue weighted by Crippen LogP contribution is -2.25. The van der Waals surface area contributed by atoms with E-state index in [0.29, 0.717) is 5.41 Å². The molecule has 4 unspecified atom stereocenters. The summed E-state index contributed by atoms with van der Waals surface area (Å²) in [7, 11) is 0.